The number of hydrazine groups is 1. The molecule has 0 aromatic heterocycles. The molecule has 3 aliphatic rings. The average Bonchev–Trinajstić information content (AvgIpc) is 3.26. The Bertz CT molecular complexity index is 924. The summed E-state index contributed by atoms with van der Waals surface area (Å²) in [5, 5.41) is 11.6. The molecule has 6 nitrogen and oxygen atoms in total. The van der Waals surface area contributed by atoms with E-state index in [0.29, 0.717) is 6.54 Å². The van der Waals surface area contributed by atoms with E-state index in [-0.39, 0.29) is 29.6 Å². The Morgan fingerprint density at radius 2 is 1.60 bits per heavy atom. The van der Waals surface area contributed by atoms with Crippen molar-refractivity contribution < 1.29 is 14.7 Å². The third-order valence-electron chi connectivity index (χ3n) is 6.74. The molecule has 2 N–H and O–H groups in total. The number of phenols is 1. The number of carbonyl (C=O) groups excluding carboxylic acids is 2. The number of carbonyl (C=O) groups is 2. The maximum Gasteiger partial charge on any atom is 0.249 e. The Hall–Kier alpha value is -2.70. The minimum absolute atomic E-state index is 0.0309. The lowest BCUT2D eigenvalue weighted by Gasteiger charge is -2.32. The highest BCUT2D eigenvalue weighted by molar-refractivity contribution is 6.08. The average molecular weight is 405 g/mol. The van der Waals surface area contributed by atoms with Gasteiger partial charge in [-0.15, -0.1) is 0 Å². The molecule has 0 bridgehead atoms. The fourth-order valence-corrected chi connectivity index (χ4v) is 5.28. The second kappa shape index (κ2) is 7.85. The van der Waals surface area contributed by atoms with Gasteiger partial charge in [-0.25, -0.2) is 10.4 Å². The SMILES string of the molecule is O=C1C2C(c3ccc(O)cc3)NN(Cc3ccccc3)C2C(=O)N1C1CCCCC1. The molecule has 1 aliphatic carbocycles. The van der Waals surface area contributed by atoms with Crippen molar-refractivity contribution in [3.05, 3.63) is 65.7 Å². The molecule has 1 saturated carbocycles. The Morgan fingerprint density at radius 3 is 2.30 bits per heavy atom. The molecule has 30 heavy (non-hydrogen) atoms. The van der Waals surface area contributed by atoms with E-state index >= 15 is 0 Å². The van der Waals surface area contributed by atoms with Gasteiger partial charge in [0.1, 0.15) is 11.8 Å². The summed E-state index contributed by atoms with van der Waals surface area (Å²) >= 11 is 0. The molecule has 2 amide bonds. The number of amides is 2. The van der Waals surface area contributed by atoms with Crippen LogP contribution < -0.4 is 5.43 Å². The van der Waals surface area contributed by atoms with Crippen LogP contribution in [0.3, 0.4) is 0 Å². The van der Waals surface area contributed by atoms with Gasteiger partial charge < -0.3 is 5.11 Å². The minimum atomic E-state index is -0.501. The van der Waals surface area contributed by atoms with E-state index in [0.717, 1.165) is 36.8 Å². The van der Waals surface area contributed by atoms with Gasteiger partial charge in [-0.1, -0.05) is 61.7 Å². The lowest BCUT2D eigenvalue weighted by atomic mass is 9.90. The molecule has 3 fully saturated rings. The largest absolute Gasteiger partial charge is 0.508 e. The van der Waals surface area contributed by atoms with E-state index in [1.54, 1.807) is 17.0 Å². The van der Waals surface area contributed by atoms with E-state index in [4.69, 9.17) is 0 Å². The molecule has 5 rings (SSSR count). The molecule has 2 heterocycles. The predicted octanol–water partition coefficient (Wildman–Crippen LogP) is 3.14. The first-order chi connectivity index (χ1) is 14.6. The van der Waals surface area contributed by atoms with Crippen LogP contribution in [0.15, 0.2) is 54.6 Å². The Labute approximate surface area is 176 Å². The fourth-order valence-electron chi connectivity index (χ4n) is 5.28. The lowest BCUT2D eigenvalue weighted by Crippen LogP contribution is -2.48. The second-order valence-electron chi connectivity index (χ2n) is 8.62. The summed E-state index contributed by atoms with van der Waals surface area (Å²) in [5.74, 6) is -0.389. The quantitative estimate of drug-likeness (QED) is 0.765. The molecule has 2 aromatic carbocycles. The molecule has 3 unspecified atom stereocenters. The zero-order valence-electron chi connectivity index (χ0n) is 16.9. The maximum atomic E-state index is 13.5. The Morgan fingerprint density at radius 1 is 0.900 bits per heavy atom. The molecular formula is C24H27N3O3. The van der Waals surface area contributed by atoms with Crippen molar-refractivity contribution in [2.24, 2.45) is 5.92 Å². The number of aromatic hydroxyl groups is 1. The van der Waals surface area contributed by atoms with Crippen molar-refractivity contribution in [3.63, 3.8) is 0 Å². The van der Waals surface area contributed by atoms with Gasteiger partial charge in [0, 0.05) is 12.6 Å². The third-order valence-corrected chi connectivity index (χ3v) is 6.74. The van der Waals surface area contributed by atoms with Crippen LogP contribution in [0.4, 0.5) is 0 Å². The van der Waals surface area contributed by atoms with E-state index in [2.05, 4.69) is 5.43 Å². The first-order valence-corrected chi connectivity index (χ1v) is 10.9. The number of phenolic OH excluding ortho intramolecular Hbond substituents is 1. The summed E-state index contributed by atoms with van der Waals surface area (Å²) in [4.78, 5) is 28.6. The number of imide groups is 1. The van der Waals surface area contributed by atoms with Crippen molar-refractivity contribution >= 4 is 11.8 Å². The van der Waals surface area contributed by atoms with Gasteiger partial charge in [-0.3, -0.25) is 14.5 Å². The van der Waals surface area contributed by atoms with Gasteiger partial charge in [-0.2, -0.15) is 0 Å². The normalized spacial score (nSPS) is 27.6. The highest BCUT2D eigenvalue weighted by Crippen LogP contribution is 2.43. The van der Waals surface area contributed by atoms with Gasteiger partial charge in [-0.05, 0) is 36.1 Å². The van der Waals surface area contributed by atoms with Gasteiger partial charge in [0.2, 0.25) is 11.8 Å². The summed E-state index contributed by atoms with van der Waals surface area (Å²) in [6.07, 6.45) is 5.14. The zero-order chi connectivity index (χ0) is 20.7. The number of likely N-dealkylation sites (tertiary alicyclic amines) is 1. The smallest absolute Gasteiger partial charge is 0.249 e. The molecule has 2 saturated heterocycles. The van der Waals surface area contributed by atoms with Crippen molar-refractivity contribution in [2.45, 2.75) is 56.8 Å². The summed E-state index contributed by atoms with van der Waals surface area (Å²) in [7, 11) is 0. The van der Waals surface area contributed by atoms with E-state index < -0.39 is 12.0 Å². The first-order valence-electron chi connectivity index (χ1n) is 10.9. The summed E-state index contributed by atoms with van der Waals surface area (Å²) in [6.45, 7) is 0.550. The van der Waals surface area contributed by atoms with Crippen LogP contribution in [-0.2, 0) is 16.1 Å². The summed E-state index contributed by atoms with van der Waals surface area (Å²) in [6, 6.07) is 16.2. The van der Waals surface area contributed by atoms with Gasteiger partial charge >= 0.3 is 0 Å². The topological polar surface area (TPSA) is 72.9 Å². The predicted molar refractivity (Wildman–Crippen MR) is 112 cm³/mol. The van der Waals surface area contributed by atoms with Crippen molar-refractivity contribution in [1.29, 1.82) is 0 Å². The van der Waals surface area contributed by atoms with Crippen LogP contribution in [0.2, 0.25) is 0 Å². The second-order valence-corrected chi connectivity index (χ2v) is 8.62. The number of nitrogens with one attached hydrogen (secondary N) is 1. The molecule has 2 aromatic rings. The third kappa shape index (κ3) is 3.30. The fraction of sp³-hybridized carbons (Fsp3) is 0.417. The molecule has 3 atom stereocenters. The molecule has 0 radical (unpaired) electrons. The van der Waals surface area contributed by atoms with Crippen molar-refractivity contribution in [2.75, 3.05) is 0 Å². The minimum Gasteiger partial charge on any atom is -0.508 e. The number of hydrogen-bond acceptors (Lipinski definition) is 5. The van der Waals surface area contributed by atoms with Crippen LogP contribution in [-0.4, -0.2) is 38.9 Å². The number of fused-ring (bicyclic) bond motifs is 1. The standard InChI is InChI=1S/C24H27N3O3/c28-19-13-11-17(12-14-19)21-20-22(26(25-21)15-16-7-3-1-4-8-16)24(30)27(23(20)29)18-9-5-2-6-10-18/h1,3-4,7-8,11-14,18,20-22,25,28H,2,5-6,9-10,15H2. The van der Waals surface area contributed by atoms with E-state index in [1.807, 2.05) is 47.5 Å². The van der Waals surface area contributed by atoms with Gasteiger partial charge in [0.05, 0.1) is 12.0 Å². The van der Waals surface area contributed by atoms with Gasteiger partial charge in [0.15, 0.2) is 0 Å². The van der Waals surface area contributed by atoms with Crippen LogP contribution in [0.5, 0.6) is 5.75 Å². The summed E-state index contributed by atoms with van der Waals surface area (Å²) < 4.78 is 0. The highest BCUT2D eigenvalue weighted by Gasteiger charge is 2.59. The molecule has 0 spiro atoms. The zero-order valence-corrected chi connectivity index (χ0v) is 16.9. The first kappa shape index (κ1) is 19.3. The number of benzene rings is 2. The molecule has 156 valence electrons. The Kier molecular flexibility index (Phi) is 5.05. The Balaban J connectivity index is 1.49. The number of rotatable bonds is 4. The van der Waals surface area contributed by atoms with Crippen LogP contribution in [0, 0.1) is 5.92 Å². The molecular weight excluding hydrogens is 378 g/mol. The van der Waals surface area contributed by atoms with Crippen molar-refractivity contribution in [3.8, 4) is 5.75 Å². The molecule has 2 aliphatic heterocycles. The highest BCUT2D eigenvalue weighted by atomic mass is 16.3. The maximum absolute atomic E-state index is 13.5. The summed E-state index contributed by atoms with van der Waals surface area (Å²) in [5.41, 5.74) is 5.44. The van der Waals surface area contributed by atoms with E-state index in [9.17, 15) is 14.7 Å². The van der Waals surface area contributed by atoms with E-state index in [1.165, 1.54) is 6.42 Å². The van der Waals surface area contributed by atoms with Crippen LogP contribution in [0.1, 0.15) is 49.3 Å². The number of hydrogen-bond donors (Lipinski definition) is 2. The lowest BCUT2D eigenvalue weighted by molar-refractivity contribution is -0.145. The van der Waals surface area contributed by atoms with Gasteiger partial charge in [0.25, 0.3) is 0 Å². The van der Waals surface area contributed by atoms with Crippen molar-refractivity contribution in [1.82, 2.24) is 15.3 Å². The number of nitrogens with zero attached hydrogens (tertiary/aromatic N) is 2. The van der Waals surface area contributed by atoms with Crippen LogP contribution in [0.25, 0.3) is 0 Å². The molecule has 6 heteroatoms. The van der Waals surface area contributed by atoms with Crippen LogP contribution >= 0.6 is 0 Å². The monoisotopic (exact) mass is 405 g/mol.